The Kier molecular flexibility index (Phi) is 6.04. The molecule has 0 saturated heterocycles. The predicted molar refractivity (Wildman–Crippen MR) is 97.7 cm³/mol. The van der Waals surface area contributed by atoms with Crippen molar-refractivity contribution in [1.29, 1.82) is 0 Å². The molecule has 10 N–H and O–H groups in total. The lowest BCUT2D eigenvalue weighted by molar-refractivity contribution is 0.178. The fraction of sp³-hybridized carbons (Fsp3) is 0. The van der Waals surface area contributed by atoms with Crippen molar-refractivity contribution in [3.63, 3.8) is 0 Å². The largest absolute Gasteiger partial charge is 0.528 e. The zero-order valence-electron chi connectivity index (χ0n) is 13.5. The Morgan fingerprint density at radius 2 is 0.630 bits per heavy atom. The number of hydrogen-bond donors (Lipinski definition) is 10. The summed E-state index contributed by atoms with van der Waals surface area (Å²) >= 11 is 0. The normalized spacial score (nSPS) is 13.7. The van der Waals surface area contributed by atoms with Crippen molar-refractivity contribution in [2.45, 2.75) is 0 Å². The molecule has 0 atom stereocenters. The van der Waals surface area contributed by atoms with Crippen LogP contribution < -0.4 is 20.7 Å². The maximum absolute atomic E-state index is 10.2. The van der Waals surface area contributed by atoms with Gasteiger partial charge in [0.2, 0.25) is 0 Å². The second-order valence-electron chi connectivity index (χ2n) is 5.74. The van der Waals surface area contributed by atoms with Crippen molar-refractivity contribution in [3.8, 4) is 0 Å². The third kappa shape index (κ3) is 5.45. The third-order valence-corrected chi connectivity index (χ3v) is 10.2. The van der Waals surface area contributed by atoms with Crippen molar-refractivity contribution >= 4 is 56.0 Å². The summed E-state index contributed by atoms with van der Waals surface area (Å²) in [4.78, 5) is 95.7. The van der Waals surface area contributed by atoms with Crippen molar-refractivity contribution in [1.82, 2.24) is 0 Å². The van der Waals surface area contributed by atoms with E-state index in [2.05, 4.69) is 0 Å². The summed E-state index contributed by atoms with van der Waals surface area (Å²) in [5, 5.41) is -0.970. The molecule has 11 nitrogen and oxygen atoms in total. The van der Waals surface area contributed by atoms with E-state index in [0.717, 1.165) is 48.5 Å². The minimum atomic E-state index is -4.84. The molecule has 2 aromatic carbocycles. The Morgan fingerprint density at radius 1 is 0.407 bits per heavy atom. The first-order valence-corrected chi connectivity index (χ1v) is 14.6. The first-order valence-electron chi connectivity index (χ1n) is 7.29. The smallest absolute Gasteiger partial charge is 0.387 e. The average Bonchev–Trinajstić information content (AvgIpc) is 2.52. The predicted octanol–water partition coefficient (Wildman–Crippen LogP) is -7.09. The zero-order chi connectivity index (χ0) is 20.7. The first-order chi connectivity index (χ1) is 12.1. The standard InChI is InChI=1S/C12H18O11Si4/c13-24(14,15)9-1-5-11(6-2-9)26(19,20)23-27(21,22)12-7-3-10(4-8-12)25(16,17)18/h1-8,13-22H. The van der Waals surface area contributed by atoms with Gasteiger partial charge in [0.25, 0.3) is 0 Å². The van der Waals surface area contributed by atoms with Crippen LogP contribution in [0, 0.1) is 0 Å². The van der Waals surface area contributed by atoms with E-state index in [1.807, 2.05) is 0 Å². The molecule has 0 aliphatic rings. The lowest BCUT2D eigenvalue weighted by atomic mass is 10.4. The minimum Gasteiger partial charge on any atom is -0.387 e. The average molecular weight is 451 g/mol. The maximum atomic E-state index is 10.2. The third-order valence-electron chi connectivity index (χ3n) is 3.58. The highest BCUT2D eigenvalue weighted by Crippen LogP contribution is 2.07. The van der Waals surface area contributed by atoms with Crippen LogP contribution in [0.4, 0.5) is 0 Å². The lowest BCUT2D eigenvalue weighted by Crippen LogP contribution is -2.65. The van der Waals surface area contributed by atoms with Gasteiger partial charge in [0.15, 0.2) is 0 Å². The number of rotatable bonds is 6. The molecule has 0 radical (unpaired) electrons. The molecule has 0 unspecified atom stereocenters. The Balaban J connectivity index is 2.24. The van der Waals surface area contributed by atoms with Crippen LogP contribution in [-0.2, 0) is 4.12 Å². The number of hydrogen-bond acceptors (Lipinski definition) is 11. The Hall–Kier alpha value is -1.13. The van der Waals surface area contributed by atoms with Crippen LogP contribution in [0.2, 0.25) is 0 Å². The minimum absolute atomic E-state index is 0.229. The molecule has 0 aromatic heterocycles. The van der Waals surface area contributed by atoms with E-state index in [-0.39, 0.29) is 20.7 Å². The molecule has 0 heterocycles. The van der Waals surface area contributed by atoms with Crippen LogP contribution >= 0.6 is 0 Å². The van der Waals surface area contributed by atoms with Gasteiger partial charge in [-0.25, -0.2) is 0 Å². The molecule has 0 aliphatic carbocycles. The van der Waals surface area contributed by atoms with E-state index in [4.69, 9.17) is 4.12 Å². The topological polar surface area (TPSA) is 212 Å². The molecular formula is C12H18O11Si4. The van der Waals surface area contributed by atoms with Crippen molar-refractivity contribution in [2.24, 2.45) is 0 Å². The summed E-state index contributed by atoms with van der Waals surface area (Å²) in [5.74, 6) is 0. The Morgan fingerprint density at radius 3 is 0.852 bits per heavy atom. The monoisotopic (exact) mass is 450 g/mol. The molecule has 0 saturated carbocycles. The second kappa shape index (κ2) is 7.36. The van der Waals surface area contributed by atoms with Gasteiger partial charge in [-0.1, -0.05) is 48.5 Å². The van der Waals surface area contributed by atoms with E-state index in [9.17, 15) is 48.0 Å². The molecule has 148 valence electrons. The molecule has 0 fully saturated rings. The van der Waals surface area contributed by atoms with Crippen molar-refractivity contribution in [2.75, 3.05) is 0 Å². The van der Waals surface area contributed by atoms with Crippen LogP contribution in [0.5, 0.6) is 0 Å². The van der Waals surface area contributed by atoms with Gasteiger partial charge in [-0.3, -0.25) is 0 Å². The highest BCUT2D eigenvalue weighted by Gasteiger charge is 2.49. The summed E-state index contributed by atoms with van der Waals surface area (Å²) in [6.07, 6.45) is 0. The second-order valence-corrected chi connectivity index (χ2v) is 13.8. The van der Waals surface area contributed by atoms with E-state index in [1.165, 1.54) is 0 Å². The fourth-order valence-electron chi connectivity index (χ4n) is 2.14. The lowest BCUT2D eigenvalue weighted by Gasteiger charge is -2.26. The van der Waals surface area contributed by atoms with Gasteiger partial charge in [0.1, 0.15) is 0 Å². The molecule has 27 heavy (non-hydrogen) atoms. The summed E-state index contributed by atoms with van der Waals surface area (Å²) in [6.45, 7) is 0. The zero-order valence-corrected chi connectivity index (χ0v) is 17.5. The fourth-order valence-corrected chi connectivity index (χ4v) is 7.10. The van der Waals surface area contributed by atoms with Crippen molar-refractivity contribution in [3.05, 3.63) is 48.5 Å². The van der Waals surface area contributed by atoms with Gasteiger partial charge < -0.3 is 52.1 Å². The highest BCUT2D eigenvalue weighted by molar-refractivity contribution is 6.86. The van der Waals surface area contributed by atoms with E-state index in [0.29, 0.717) is 0 Å². The Bertz CT molecular complexity index is 713. The molecule has 15 heteroatoms. The van der Waals surface area contributed by atoms with Crippen LogP contribution in [0.25, 0.3) is 0 Å². The molecule has 0 aliphatic heterocycles. The summed E-state index contributed by atoms with van der Waals surface area (Å²) in [7, 11) is -18.8. The van der Waals surface area contributed by atoms with Gasteiger partial charge in [-0.15, -0.1) is 0 Å². The Labute approximate surface area is 157 Å². The molecular weight excluding hydrogens is 432 g/mol. The summed E-state index contributed by atoms with van der Waals surface area (Å²) in [6, 6.07) is 8.23. The van der Waals surface area contributed by atoms with Crippen LogP contribution in [0.15, 0.2) is 48.5 Å². The quantitative estimate of drug-likeness (QED) is 0.187. The number of benzene rings is 2. The SMILES string of the molecule is O[Si](O)(O)c1ccc([Si](O)(O)O[Si](O)(O)c2ccc([Si](O)(O)O)cc2)cc1. The summed E-state index contributed by atoms with van der Waals surface area (Å²) < 4.78 is 4.80. The van der Waals surface area contributed by atoms with Gasteiger partial charge in [0.05, 0.1) is 0 Å². The maximum Gasteiger partial charge on any atom is 0.528 e. The highest BCUT2D eigenvalue weighted by atomic mass is 28.5. The van der Waals surface area contributed by atoms with E-state index < -0.39 is 35.2 Å². The van der Waals surface area contributed by atoms with Crippen LogP contribution in [0.3, 0.4) is 0 Å². The van der Waals surface area contributed by atoms with Crippen LogP contribution in [-0.4, -0.2) is 83.2 Å². The van der Waals surface area contributed by atoms with Gasteiger partial charge in [-0.05, 0) is 0 Å². The van der Waals surface area contributed by atoms with E-state index in [1.54, 1.807) is 0 Å². The molecule has 2 aromatic rings. The van der Waals surface area contributed by atoms with Crippen LogP contribution in [0.1, 0.15) is 0 Å². The van der Waals surface area contributed by atoms with E-state index >= 15 is 0 Å². The molecule has 0 amide bonds. The van der Waals surface area contributed by atoms with Gasteiger partial charge >= 0.3 is 35.2 Å². The molecule has 2 rings (SSSR count). The summed E-state index contributed by atoms with van der Waals surface area (Å²) in [5.41, 5.74) is 0. The van der Waals surface area contributed by atoms with Crippen molar-refractivity contribution < 1.29 is 52.1 Å². The van der Waals surface area contributed by atoms with Gasteiger partial charge in [0, 0.05) is 20.7 Å². The molecule has 0 spiro atoms. The van der Waals surface area contributed by atoms with Gasteiger partial charge in [-0.2, -0.15) is 0 Å². The first kappa shape index (κ1) is 22.2. The molecule has 0 bridgehead atoms.